The molecule has 0 saturated carbocycles. The van der Waals surface area contributed by atoms with Gasteiger partial charge in [-0.05, 0) is 18.2 Å². The first-order chi connectivity index (χ1) is 9.00. The average Bonchev–Trinajstić information content (AvgIpc) is 2.36. The van der Waals surface area contributed by atoms with E-state index in [9.17, 15) is 18.4 Å². The van der Waals surface area contributed by atoms with E-state index in [0.717, 1.165) is 12.1 Å². The molecule has 0 radical (unpaired) electrons. The number of hydrogen-bond acceptors (Lipinski definition) is 3. The van der Waals surface area contributed by atoms with Gasteiger partial charge in [-0.3, -0.25) is 9.59 Å². The van der Waals surface area contributed by atoms with E-state index in [1.54, 1.807) is 0 Å². The van der Waals surface area contributed by atoms with Crippen LogP contribution in [0.15, 0.2) is 18.2 Å². The molecule has 0 aromatic heterocycles. The molecule has 1 aromatic carbocycles. The number of amides is 1. The van der Waals surface area contributed by atoms with Crippen molar-refractivity contribution in [2.45, 2.75) is 6.42 Å². The SMILES string of the molecule is O=C(O)CCOCCNC(=O)c1ccc(F)c(F)c1. The molecule has 1 amide bonds. The first-order valence-electron chi connectivity index (χ1n) is 5.53. The summed E-state index contributed by atoms with van der Waals surface area (Å²) in [6.07, 6.45) is -0.114. The molecule has 0 aliphatic rings. The van der Waals surface area contributed by atoms with E-state index in [0.29, 0.717) is 0 Å². The highest BCUT2D eigenvalue weighted by Crippen LogP contribution is 2.08. The van der Waals surface area contributed by atoms with E-state index < -0.39 is 23.5 Å². The number of carbonyl (C=O) groups is 2. The van der Waals surface area contributed by atoms with E-state index in [-0.39, 0.29) is 31.7 Å². The molecular formula is C12H13F2NO4. The van der Waals surface area contributed by atoms with Crippen molar-refractivity contribution in [2.75, 3.05) is 19.8 Å². The summed E-state index contributed by atoms with van der Waals surface area (Å²) in [6.45, 7) is 0.344. The summed E-state index contributed by atoms with van der Waals surface area (Å²) in [6, 6.07) is 2.84. The molecule has 2 N–H and O–H groups in total. The van der Waals surface area contributed by atoms with Crippen LogP contribution in [0.2, 0.25) is 0 Å². The van der Waals surface area contributed by atoms with Crippen LogP contribution in [0, 0.1) is 11.6 Å². The van der Waals surface area contributed by atoms with Crippen molar-refractivity contribution in [2.24, 2.45) is 0 Å². The lowest BCUT2D eigenvalue weighted by Gasteiger charge is -2.06. The van der Waals surface area contributed by atoms with Gasteiger partial charge < -0.3 is 15.2 Å². The minimum atomic E-state index is -1.09. The van der Waals surface area contributed by atoms with Crippen molar-refractivity contribution in [1.82, 2.24) is 5.32 Å². The Balaban J connectivity index is 2.27. The number of rotatable bonds is 7. The Bertz CT molecular complexity index is 465. The number of hydrogen-bond donors (Lipinski definition) is 2. The van der Waals surface area contributed by atoms with Crippen molar-refractivity contribution < 1.29 is 28.2 Å². The van der Waals surface area contributed by atoms with E-state index in [4.69, 9.17) is 9.84 Å². The summed E-state index contributed by atoms with van der Waals surface area (Å²) in [7, 11) is 0. The minimum Gasteiger partial charge on any atom is -0.481 e. The Hall–Kier alpha value is -2.02. The number of ether oxygens (including phenoxy) is 1. The maximum Gasteiger partial charge on any atom is 0.305 e. The highest BCUT2D eigenvalue weighted by atomic mass is 19.2. The standard InChI is InChI=1S/C12H13F2NO4/c13-9-2-1-8(7-10(9)14)12(18)15-4-6-19-5-3-11(16)17/h1-2,7H,3-6H2,(H,15,18)(H,16,17). The summed E-state index contributed by atoms with van der Waals surface area (Å²) >= 11 is 0. The highest BCUT2D eigenvalue weighted by Gasteiger charge is 2.08. The molecule has 0 saturated heterocycles. The molecule has 0 aliphatic heterocycles. The molecule has 19 heavy (non-hydrogen) atoms. The number of carbonyl (C=O) groups excluding carboxylic acids is 1. The van der Waals surface area contributed by atoms with Crippen LogP contribution in [0.25, 0.3) is 0 Å². The van der Waals surface area contributed by atoms with E-state index >= 15 is 0 Å². The van der Waals surface area contributed by atoms with Crippen LogP contribution >= 0.6 is 0 Å². The van der Waals surface area contributed by atoms with Crippen LogP contribution in [-0.2, 0) is 9.53 Å². The molecule has 1 rings (SSSR count). The lowest BCUT2D eigenvalue weighted by molar-refractivity contribution is -0.138. The Morgan fingerprint density at radius 2 is 1.95 bits per heavy atom. The topological polar surface area (TPSA) is 75.6 Å². The minimum absolute atomic E-state index is 0.00411. The number of carboxylic acid groups (broad SMARTS) is 1. The van der Waals surface area contributed by atoms with Crippen molar-refractivity contribution in [3.05, 3.63) is 35.4 Å². The predicted octanol–water partition coefficient (Wildman–Crippen LogP) is 1.19. The summed E-state index contributed by atoms with van der Waals surface area (Å²) in [5.74, 6) is -3.63. The highest BCUT2D eigenvalue weighted by molar-refractivity contribution is 5.94. The van der Waals surface area contributed by atoms with Gasteiger partial charge in [0.2, 0.25) is 0 Å². The van der Waals surface area contributed by atoms with Gasteiger partial charge in [-0.1, -0.05) is 0 Å². The zero-order chi connectivity index (χ0) is 14.3. The second-order valence-electron chi connectivity index (χ2n) is 3.64. The molecule has 0 bridgehead atoms. The second kappa shape index (κ2) is 7.42. The fraction of sp³-hybridized carbons (Fsp3) is 0.333. The summed E-state index contributed by atoms with van der Waals surface area (Å²) in [4.78, 5) is 21.7. The quantitative estimate of drug-likeness (QED) is 0.732. The third kappa shape index (κ3) is 5.43. The zero-order valence-corrected chi connectivity index (χ0v) is 9.99. The van der Waals surface area contributed by atoms with E-state index in [1.165, 1.54) is 6.07 Å². The maximum absolute atomic E-state index is 12.9. The smallest absolute Gasteiger partial charge is 0.305 e. The Labute approximate surface area is 108 Å². The van der Waals surface area contributed by atoms with E-state index in [2.05, 4.69) is 5.32 Å². The van der Waals surface area contributed by atoms with Crippen LogP contribution < -0.4 is 5.32 Å². The number of halogens is 2. The molecule has 104 valence electrons. The third-order valence-corrected chi connectivity index (χ3v) is 2.17. The first-order valence-corrected chi connectivity index (χ1v) is 5.53. The summed E-state index contributed by atoms with van der Waals surface area (Å²) < 4.78 is 30.5. The average molecular weight is 273 g/mol. The molecule has 5 nitrogen and oxygen atoms in total. The predicted molar refractivity (Wildman–Crippen MR) is 61.8 cm³/mol. The number of aliphatic carboxylic acids is 1. The first kappa shape index (κ1) is 15.0. The normalized spacial score (nSPS) is 10.2. The van der Waals surface area contributed by atoms with Gasteiger partial charge in [-0.15, -0.1) is 0 Å². The second-order valence-corrected chi connectivity index (χ2v) is 3.64. The van der Waals surface area contributed by atoms with Crippen molar-refractivity contribution in [3.63, 3.8) is 0 Å². The van der Waals surface area contributed by atoms with Crippen molar-refractivity contribution in [3.8, 4) is 0 Å². The molecule has 0 heterocycles. The van der Waals surface area contributed by atoms with Gasteiger partial charge in [0.1, 0.15) is 0 Å². The lowest BCUT2D eigenvalue weighted by atomic mass is 10.2. The Kier molecular flexibility index (Phi) is 5.87. The number of nitrogens with one attached hydrogen (secondary N) is 1. The van der Waals surface area contributed by atoms with Gasteiger partial charge in [0, 0.05) is 12.1 Å². The van der Waals surface area contributed by atoms with Gasteiger partial charge >= 0.3 is 5.97 Å². The van der Waals surface area contributed by atoms with Crippen molar-refractivity contribution in [1.29, 1.82) is 0 Å². The molecule has 0 fully saturated rings. The van der Waals surface area contributed by atoms with Gasteiger partial charge in [0.25, 0.3) is 5.91 Å². The van der Waals surface area contributed by atoms with E-state index in [1.807, 2.05) is 0 Å². The van der Waals surface area contributed by atoms with Crippen LogP contribution in [-0.4, -0.2) is 36.7 Å². The fourth-order valence-electron chi connectivity index (χ4n) is 1.24. The monoisotopic (exact) mass is 273 g/mol. The lowest BCUT2D eigenvalue weighted by Crippen LogP contribution is -2.27. The van der Waals surface area contributed by atoms with Gasteiger partial charge in [0.15, 0.2) is 11.6 Å². The largest absolute Gasteiger partial charge is 0.481 e. The van der Waals surface area contributed by atoms with Gasteiger partial charge in [0.05, 0.1) is 19.6 Å². The number of benzene rings is 1. The van der Waals surface area contributed by atoms with Crippen LogP contribution in [0.5, 0.6) is 0 Å². The molecule has 0 spiro atoms. The van der Waals surface area contributed by atoms with Crippen molar-refractivity contribution >= 4 is 11.9 Å². The third-order valence-electron chi connectivity index (χ3n) is 2.17. The Morgan fingerprint density at radius 3 is 2.58 bits per heavy atom. The van der Waals surface area contributed by atoms with Crippen LogP contribution in [0.3, 0.4) is 0 Å². The maximum atomic E-state index is 12.9. The van der Waals surface area contributed by atoms with Gasteiger partial charge in [-0.25, -0.2) is 8.78 Å². The molecule has 7 heteroatoms. The van der Waals surface area contributed by atoms with Crippen LogP contribution in [0.4, 0.5) is 8.78 Å². The zero-order valence-electron chi connectivity index (χ0n) is 9.99. The number of carboxylic acids is 1. The van der Waals surface area contributed by atoms with Crippen LogP contribution in [0.1, 0.15) is 16.8 Å². The molecule has 0 aliphatic carbocycles. The molecule has 1 aromatic rings. The van der Waals surface area contributed by atoms with Gasteiger partial charge in [-0.2, -0.15) is 0 Å². The summed E-state index contributed by atoms with van der Waals surface area (Å²) in [5.41, 5.74) is 0.00411. The molecule has 0 atom stereocenters. The molecular weight excluding hydrogens is 260 g/mol. The fourth-order valence-corrected chi connectivity index (χ4v) is 1.24. The summed E-state index contributed by atoms with van der Waals surface area (Å²) in [5, 5.41) is 10.8. The molecule has 0 unspecified atom stereocenters. The Morgan fingerprint density at radius 1 is 1.21 bits per heavy atom.